The molecule has 2 atom stereocenters. The van der Waals surface area contributed by atoms with Gasteiger partial charge < -0.3 is 5.32 Å². The van der Waals surface area contributed by atoms with Crippen LogP contribution in [0.25, 0.3) is 10.8 Å². The average molecular weight is 305 g/mol. The molecule has 114 valence electrons. The summed E-state index contributed by atoms with van der Waals surface area (Å²) in [4.78, 5) is 0. The second-order valence-electron chi connectivity index (χ2n) is 5.53. The van der Waals surface area contributed by atoms with Crippen molar-refractivity contribution < 1.29 is 8.42 Å². The molecule has 2 unspecified atom stereocenters. The van der Waals surface area contributed by atoms with Crippen molar-refractivity contribution in [1.29, 1.82) is 0 Å². The van der Waals surface area contributed by atoms with E-state index in [1.54, 1.807) is 6.92 Å². The first-order valence-electron chi connectivity index (χ1n) is 7.35. The first-order valence-corrected chi connectivity index (χ1v) is 9.30. The summed E-state index contributed by atoms with van der Waals surface area (Å²) in [5, 5.41) is 5.19. The van der Waals surface area contributed by atoms with E-state index in [1.807, 2.05) is 24.3 Å². The van der Waals surface area contributed by atoms with E-state index >= 15 is 0 Å². The second-order valence-corrected chi connectivity index (χ2v) is 7.94. The highest BCUT2D eigenvalue weighted by molar-refractivity contribution is 7.91. The minimum atomic E-state index is -3.11. The van der Waals surface area contributed by atoms with Crippen LogP contribution in [-0.2, 0) is 9.84 Å². The summed E-state index contributed by atoms with van der Waals surface area (Å²) in [5.41, 5.74) is 1.06. The molecule has 0 saturated carbocycles. The molecule has 0 bridgehead atoms. The van der Waals surface area contributed by atoms with Gasteiger partial charge >= 0.3 is 0 Å². The van der Waals surface area contributed by atoms with Crippen LogP contribution in [0.3, 0.4) is 0 Å². The molecule has 0 fully saturated rings. The molecule has 0 radical (unpaired) electrons. The lowest BCUT2D eigenvalue weighted by molar-refractivity contribution is 0.502. The molecule has 2 aromatic carbocycles. The van der Waals surface area contributed by atoms with E-state index in [-0.39, 0.29) is 6.04 Å². The summed E-state index contributed by atoms with van der Waals surface area (Å²) in [5.74, 6) is 0. The lowest BCUT2D eigenvalue weighted by Crippen LogP contribution is -2.35. The van der Waals surface area contributed by atoms with Crippen LogP contribution in [0.4, 0.5) is 0 Å². The van der Waals surface area contributed by atoms with Crippen LogP contribution in [-0.4, -0.2) is 26.5 Å². The van der Waals surface area contributed by atoms with E-state index in [0.29, 0.717) is 0 Å². The Morgan fingerprint density at radius 2 is 1.76 bits per heavy atom. The molecular formula is C17H23NO2S. The highest BCUT2D eigenvalue weighted by Crippen LogP contribution is 2.28. The van der Waals surface area contributed by atoms with Crippen molar-refractivity contribution in [2.24, 2.45) is 0 Å². The zero-order valence-electron chi connectivity index (χ0n) is 12.8. The fourth-order valence-corrected chi connectivity index (χ4v) is 3.33. The molecule has 0 aromatic heterocycles. The smallest absolute Gasteiger partial charge is 0.151 e. The van der Waals surface area contributed by atoms with Gasteiger partial charge in [-0.3, -0.25) is 0 Å². The molecule has 1 N–H and O–H groups in total. The largest absolute Gasteiger partial charge is 0.309 e. The molecule has 21 heavy (non-hydrogen) atoms. The second kappa shape index (κ2) is 6.58. The SMILES string of the molecule is CCCNC(c1cccc2ccccc12)C(C)S(C)(=O)=O. The Morgan fingerprint density at radius 1 is 1.10 bits per heavy atom. The first kappa shape index (κ1) is 16.0. The van der Waals surface area contributed by atoms with Crippen molar-refractivity contribution in [3.63, 3.8) is 0 Å². The van der Waals surface area contributed by atoms with Crippen molar-refractivity contribution in [1.82, 2.24) is 5.32 Å². The van der Waals surface area contributed by atoms with Gasteiger partial charge in [0.05, 0.1) is 5.25 Å². The molecule has 2 rings (SSSR count). The zero-order valence-corrected chi connectivity index (χ0v) is 13.7. The van der Waals surface area contributed by atoms with Crippen LogP contribution in [0.15, 0.2) is 42.5 Å². The predicted octanol–water partition coefficient (Wildman–Crippen LogP) is 3.31. The minimum Gasteiger partial charge on any atom is -0.309 e. The van der Waals surface area contributed by atoms with Crippen LogP contribution in [0.5, 0.6) is 0 Å². The van der Waals surface area contributed by atoms with Crippen molar-refractivity contribution in [3.8, 4) is 0 Å². The molecule has 0 aliphatic heterocycles. The van der Waals surface area contributed by atoms with E-state index in [0.717, 1.165) is 29.3 Å². The van der Waals surface area contributed by atoms with E-state index in [1.165, 1.54) is 6.26 Å². The monoisotopic (exact) mass is 305 g/mol. The number of benzene rings is 2. The Kier molecular flexibility index (Phi) is 5.01. The van der Waals surface area contributed by atoms with Gasteiger partial charge in [-0.05, 0) is 36.2 Å². The molecule has 0 aliphatic rings. The summed E-state index contributed by atoms with van der Waals surface area (Å²) >= 11 is 0. The Bertz CT molecular complexity index is 704. The third kappa shape index (κ3) is 3.63. The van der Waals surface area contributed by atoms with Gasteiger partial charge in [-0.15, -0.1) is 0 Å². The summed E-state index contributed by atoms with van der Waals surface area (Å²) in [6.07, 6.45) is 2.28. The fourth-order valence-electron chi connectivity index (χ4n) is 2.60. The topological polar surface area (TPSA) is 46.2 Å². The van der Waals surface area contributed by atoms with Crippen LogP contribution in [0.2, 0.25) is 0 Å². The van der Waals surface area contributed by atoms with Gasteiger partial charge in [0.2, 0.25) is 0 Å². The molecule has 0 amide bonds. The van der Waals surface area contributed by atoms with Gasteiger partial charge in [0.25, 0.3) is 0 Å². The molecule has 0 aliphatic carbocycles. The lowest BCUT2D eigenvalue weighted by Gasteiger charge is -2.25. The van der Waals surface area contributed by atoms with E-state index in [9.17, 15) is 8.42 Å². The van der Waals surface area contributed by atoms with Gasteiger partial charge in [-0.25, -0.2) is 8.42 Å². The van der Waals surface area contributed by atoms with Crippen LogP contribution < -0.4 is 5.32 Å². The fraction of sp³-hybridized carbons (Fsp3) is 0.412. The quantitative estimate of drug-likeness (QED) is 0.890. The van der Waals surface area contributed by atoms with Gasteiger partial charge in [0.15, 0.2) is 9.84 Å². The summed E-state index contributed by atoms with van der Waals surface area (Å²) in [7, 11) is -3.11. The predicted molar refractivity (Wildman–Crippen MR) is 89.3 cm³/mol. The molecule has 4 heteroatoms. The number of nitrogens with one attached hydrogen (secondary N) is 1. The lowest BCUT2D eigenvalue weighted by atomic mass is 9.97. The van der Waals surface area contributed by atoms with Crippen molar-refractivity contribution >= 4 is 20.6 Å². The number of hydrogen-bond acceptors (Lipinski definition) is 3. The standard InChI is InChI=1S/C17H23NO2S/c1-4-12-18-17(13(2)21(3,19)20)16-11-7-9-14-8-5-6-10-15(14)16/h5-11,13,17-18H,4,12H2,1-3H3. The normalized spacial score (nSPS) is 15.0. The molecule has 2 aromatic rings. The molecular weight excluding hydrogens is 282 g/mol. The third-order valence-corrected chi connectivity index (χ3v) is 5.54. The number of sulfone groups is 1. The van der Waals surface area contributed by atoms with Gasteiger partial charge in [-0.2, -0.15) is 0 Å². The Morgan fingerprint density at radius 3 is 2.43 bits per heavy atom. The van der Waals surface area contributed by atoms with Gasteiger partial charge in [0, 0.05) is 12.3 Å². The minimum absolute atomic E-state index is 0.189. The maximum Gasteiger partial charge on any atom is 0.151 e. The van der Waals surface area contributed by atoms with Crippen molar-refractivity contribution in [3.05, 3.63) is 48.0 Å². The Hall–Kier alpha value is -1.39. The molecule has 0 spiro atoms. The molecule has 0 heterocycles. The number of fused-ring (bicyclic) bond motifs is 1. The summed E-state index contributed by atoms with van der Waals surface area (Å²) in [6, 6.07) is 14.0. The van der Waals surface area contributed by atoms with E-state index in [4.69, 9.17) is 0 Å². The first-order chi connectivity index (χ1) is 9.95. The molecule has 3 nitrogen and oxygen atoms in total. The van der Waals surface area contributed by atoms with Crippen LogP contribution >= 0.6 is 0 Å². The van der Waals surface area contributed by atoms with Gasteiger partial charge in [-0.1, -0.05) is 49.4 Å². The number of rotatable bonds is 6. The van der Waals surface area contributed by atoms with Crippen molar-refractivity contribution in [2.75, 3.05) is 12.8 Å². The Balaban J connectivity index is 2.53. The third-order valence-electron chi connectivity index (χ3n) is 3.92. The summed E-state index contributed by atoms with van der Waals surface area (Å²) < 4.78 is 24.0. The van der Waals surface area contributed by atoms with Gasteiger partial charge in [0.1, 0.15) is 0 Å². The zero-order chi connectivity index (χ0) is 15.5. The summed E-state index contributed by atoms with van der Waals surface area (Å²) in [6.45, 7) is 4.66. The van der Waals surface area contributed by atoms with E-state index in [2.05, 4.69) is 30.4 Å². The highest BCUT2D eigenvalue weighted by Gasteiger charge is 2.27. The molecule has 0 saturated heterocycles. The average Bonchev–Trinajstić information content (AvgIpc) is 2.46. The maximum atomic E-state index is 12.0. The maximum absolute atomic E-state index is 12.0. The van der Waals surface area contributed by atoms with Crippen LogP contribution in [0, 0.1) is 0 Å². The number of hydrogen-bond donors (Lipinski definition) is 1. The highest BCUT2D eigenvalue weighted by atomic mass is 32.2. The van der Waals surface area contributed by atoms with Crippen molar-refractivity contribution in [2.45, 2.75) is 31.6 Å². The van der Waals surface area contributed by atoms with E-state index < -0.39 is 15.1 Å². The Labute approximate surface area is 127 Å². The van der Waals surface area contributed by atoms with Crippen LogP contribution in [0.1, 0.15) is 31.9 Å².